The van der Waals surface area contributed by atoms with Crippen LogP contribution in [-0.4, -0.2) is 14.1 Å². The van der Waals surface area contributed by atoms with Gasteiger partial charge >= 0.3 is 0 Å². The molecule has 0 bridgehead atoms. The Hall–Kier alpha value is -2.14. The zero-order valence-corrected chi connectivity index (χ0v) is 13.9. The molecule has 0 atom stereocenters. The molecule has 1 N–H and O–H groups in total. The average Bonchev–Trinajstić information content (AvgIpc) is 2.76. The van der Waals surface area contributed by atoms with Crippen molar-refractivity contribution in [2.45, 2.75) is 37.5 Å². The summed E-state index contributed by atoms with van der Waals surface area (Å²) in [4.78, 5) is 2.62. The van der Waals surface area contributed by atoms with Gasteiger partial charge in [-0.1, -0.05) is 42.0 Å². The third kappa shape index (κ3) is 3.62. The van der Waals surface area contributed by atoms with Crippen molar-refractivity contribution < 1.29 is 8.42 Å². The number of fused-ring (bicyclic) bond motifs is 1. The Bertz CT molecular complexity index is 824. The van der Waals surface area contributed by atoms with Crippen molar-refractivity contribution in [3.05, 3.63) is 65.2 Å². The van der Waals surface area contributed by atoms with E-state index in [0.717, 1.165) is 42.5 Å². The quantitative estimate of drug-likeness (QED) is 0.693. The molecule has 0 saturated carbocycles. The number of nitrogens with one attached hydrogen (secondary N) is 1. The number of aryl methyl sites for hydroxylation is 2. The normalized spacial score (nSPS) is 16.7. The van der Waals surface area contributed by atoms with E-state index < -0.39 is 10.0 Å². The highest BCUT2D eigenvalue weighted by molar-refractivity contribution is 7.89. The number of sulfonamides is 1. The Morgan fingerprint density at radius 2 is 1.65 bits per heavy atom. The van der Waals surface area contributed by atoms with E-state index >= 15 is 0 Å². The van der Waals surface area contributed by atoms with Gasteiger partial charge in [-0.05, 0) is 50.3 Å². The van der Waals surface area contributed by atoms with Crippen LogP contribution in [0.1, 0.15) is 36.0 Å². The molecule has 0 fully saturated rings. The molecule has 120 valence electrons. The van der Waals surface area contributed by atoms with Crippen molar-refractivity contribution >= 4 is 15.7 Å². The fraction of sp³-hybridized carbons (Fsp3) is 0.278. The van der Waals surface area contributed by atoms with Gasteiger partial charge in [0.15, 0.2) is 0 Å². The smallest absolute Gasteiger partial charge is 0.200 e. The number of nitrogens with zero attached hydrogens (tertiary/aromatic N) is 1. The van der Waals surface area contributed by atoms with E-state index in [9.17, 15) is 8.42 Å². The summed E-state index contributed by atoms with van der Waals surface area (Å²) in [6.07, 6.45) is 3.91. The number of rotatable bonds is 3. The zero-order chi connectivity index (χ0) is 16.3. The van der Waals surface area contributed by atoms with Gasteiger partial charge in [0, 0.05) is 5.56 Å². The van der Waals surface area contributed by atoms with Crippen LogP contribution in [0.15, 0.2) is 58.5 Å². The van der Waals surface area contributed by atoms with Gasteiger partial charge in [-0.25, -0.2) is 0 Å². The summed E-state index contributed by atoms with van der Waals surface area (Å²) in [5.41, 5.74) is 4.12. The lowest BCUT2D eigenvalue weighted by atomic mass is 10.0. The molecule has 23 heavy (non-hydrogen) atoms. The molecule has 0 spiro atoms. The summed E-state index contributed by atoms with van der Waals surface area (Å²) < 4.78 is 24.7. The molecule has 0 aliphatic heterocycles. The second-order valence-electron chi connectivity index (χ2n) is 5.83. The Labute approximate surface area is 137 Å². The van der Waals surface area contributed by atoms with Gasteiger partial charge in [0.1, 0.15) is 0 Å². The van der Waals surface area contributed by atoms with Gasteiger partial charge in [-0.2, -0.15) is 18.4 Å². The van der Waals surface area contributed by atoms with E-state index in [4.69, 9.17) is 0 Å². The van der Waals surface area contributed by atoms with Gasteiger partial charge in [0.25, 0.3) is 10.0 Å². The van der Waals surface area contributed by atoms with Crippen LogP contribution in [0.4, 0.5) is 0 Å². The SMILES string of the molecule is Cc1ccc(S(=O)(=O)N/N=C2\CCCCc3ccccc32)cc1. The van der Waals surface area contributed by atoms with Crippen LogP contribution in [0.3, 0.4) is 0 Å². The van der Waals surface area contributed by atoms with E-state index in [1.165, 1.54) is 5.56 Å². The average molecular weight is 328 g/mol. The maximum atomic E-state index is 12.4. The van der Waals surface area contributed by atoms with Crippen LogP contribution < -0.4 is 4.83 Å². The van der Waals surface area contributed by atoms with Gasteiger partial charge in [-0.15, -0.1) is 0 Å². The maximum absolute atomic E-state index is 12.4. The van der Waals surface area contributed by atoms with Crippen molar-refractivity contribution in [3.63, 3.8) is 0 Å². The van der Waals surface area contributed by atoms with E-state index in [0.29, 0.717) is 0 Å². The van der Waals surface area contributed by atoms with E-state index in [1.54, 1.807) is 24.3 Å². The molecule has 5 heteroatoms. The molecule has 0 unspecified atom stereocenters. The summed E-state index contributed by atoms with van der Waals surface area (Å²) >= 11 is 0. The standard InChI is InChI=1S/C18H20N2O2S/c1-14-10-12-16(13-11-14)23(21,22)20-19-18-9-5-3-7-15-6-2-4-8-17(15)18/h2,4,6,8,10-13,20H,3,5,7,9H2,1H3/b19-18+. The molecule has 1 aliphatic carbocycles. The second kappa shape index (κ2) is 6.54. The highest BCUT2D eigenvalue weighted by atomic mass is 32.2. The highest BCUT2D eigenvalue weighted by Crippen LogP contribution is 2.21. The molecule has 1 aliphatic rings. The van der Waals surface area contributed by atoms with Crippen molar-refractivity contribution in [1.82, 2.24) is 4.83 Å². The minimum absolute atomic E-state index is 0.231. The molecule has 3 rings (SSSR count). The molecule has 4 nitrogen and oxygen atoms in total. The third-order valence-corrected chi connectivity index (χ3v) is 5.29. The van der Waals surface area contributed by atoms with Crippen LogP contribution >= 0.6 is 0 Å². The Morgan fingerprint density at radius 3 is 2.43 bits per heavy atom. The Morgan fingerprint density at radius 1 is 0.957 bits per heavy atom. The van der Waals surface area contributed by atoms with Crippen LogP contribution in [0.2, 0.25) is 0 Å². The minimum atomic E-state index is -3.63. The molecule has 0 radical (unpaired) electrons. The minimum Gasteiger partial charge on any atom is -0.200 e. The van der Waals surface area contributed by atoms with Crippen molar-refractivity contribution in [1.29, 1.82) is 0 Å². The Balaban J connectivity index is 1.88. The summed E-state index contributed by atoms with van der Waals surface area (Å²) in [6, 6.07) is 14.8. The molecule has 2 aromatic rings. The maximum Gasteiger partial charge on any atom is 0.276 e. The number of hydrogen-bond donors (Lipinski definition) is 1. The van der Waals surface area contributed by atoms with Crippen LogP contribution in [-0.2, 0) is 16.4 Å². The van der Waals surface area contributed by atoms with E-state index in [1.807, 2.05) is 25.1 Å². The van der Waals surface area contributed by atoms with Gasteiger partial charge in [0.2, 0.25) is 0 Å². The van der Waals surface area contributed by atoms with Crippen molar-refractivity contribution in [3.8, 4) is 0 Å². The fourth-order valence-corrected chi connectivity index (χ4v) is 3.59. The molecular formula is C18H20N2O2S. The van der Waals surface area contributed by atoms with Crippen LogP contribution in [0, 0.1) is 6.92 Å². The van der Waals surface area contributed by atoms with E-state index in [2.05, 4.69) is 16.0 Å². The third-order valence-electron chi connectivity index (χ3n) is 4.07. The first-order chi connectivity index (χ1) is 11.1. The topological polar surface area (TPSA) is 58.5 Å². The monoisotopic (exact) mass is 328 g/mol. The second-order valence-corrected chi connectivity index (χ2v) is 7.49. The molecular weight excluding hydrogens is 308 g/mol. The first-order valence-electron chi connectivity index (χ1n) is 7.79. The predicted octanol–water partition coefficient (Wildman–Crippen LogP) is 3.40. The van der Waals surface area contributed by atoms with Gasteiger partial charge in [0.05, 0.1) is 10.6 Å². The molecule has 0 amide bonds. The first-order valence-corrected chi connectivity index (χ1v) is 9.28. The molecule has 0 aromatic heterocycles. The number of hydrazone groups is 1. The highest BCUT2D eigenvalue weighted by Gasteiger charge is 2.16. The van der Waals surface area contributed by atoms with Crippen molar-refractivity contribution in [2.24, 2.45) is 5.10 Å². The lowest BCUT2D eigenvalue weighted by molar-refractivity contribution is 0.584. The lowest BCUT2D eigenvalue weighted by Crippen LogP contribution is -2.20. The first kappa shape index (κ1) is 15.7. The number of hydrogen-bond acceptors (Lipinski definition) is 3. The summed E-state index contributed by atoms with van der Waals surface area (Å²) in [7, 11) is -3.63. The van der Waals surface area contributed by atoms with Crippen molar-refractivity contribution in [2.75, 3.05) is 0 Å². The lowest BCUT2D eigenvalue weighted by Gasteiger charge is -2.09. The largest absolute Gasteiger partial charge is 0.276 e. The summed E-state index contributed by atoms with van der Waals surface area (Å²) in [5.74, 6) is 0. The van der Waals surface area contributed by atoms with Gasteiger partial charge < -0.3 is 0 Å². The summed E-state index contributed by atoms with van der Waals surface area (Å²) in [5, 5.41) is 4.23. The molecule has 0 heterocycles. The van der Waals surface area contributed by atoms with Crippen LogP contribution in [0.5, 0.6) is 0 Å². The Kier molecular flexibility index (Phi) is 4.48. The predicted molar refractivity (Wildman–Crippen MR) is 92.0 cm³/mol. The molecule has 0 saturated heterocycles. The van der Waals surface area contributed by atoms with Crippen LogP contribution in [0.25, 0.3) is 0 Å². The van der Waals surface area contributed by atoms with E-state index in [-0.39, 0.29) is 4.90 Å². The molecule has 2 aromatic carbocycles. The van der Waals surface area contributed by atoms with Gasteiger partial charge in [-0.3, -0.25) is 0 Å². The number of benzene rings is 2. The zero-order valence-electron chi connectivity index (χ0n) is 13.1. The summed E-state index contributed by atoms with van der Waals surface area (Å²) in [6.45, 7) is 1.92. The fourth-order valence-electron chi connectivity index (χ4n) is 2.76.